The summed E-state index contributed by atoms with van der Waals surface area (Å²) in [6, 6.07) is 4.47. The predicted molar refractivity (Wildman–Crippen MR) is 67.4 cm³/mol. The molecule has 0 bridgehead atoms. The Morgan fingerprint density at radius 3 is 2.59 bits per heavy atom. The van der Waals surface area contributed by atoms with Crippen LogP contribution in [-0.4, -0.2) is 22.1 Å². The van der Waals surface area contributed by atoms with Gasteiger partial charge in [0.1, 0.15) is 10.6 Å². The van der Waals surface area contributed by atoms with Gasteiger partial charge in [-0.1, -0.05) is 13.8 Å². The highest BCUT2D eigenvalue weighted by atomic mass is 32.2. The van der Waals surface area contributed by atoms with Crippen molar-refractivity contribution in [1.82, 2.24) is 4.72 Å². The van der Waals surface area contributed by atoms with Crippen molar-refractivity contribution in [3.8, 4) is 5.75 Å². The standard InChI is InChI=1S/C11H18N2O3S/c1-8(2)7-13-17(14,15)11-5-4-9(12)6-10(11)16-3/h4-6,8,13H,7,12H2,1-3H3. The third-order valence-corrected chi connectivity index (χ3v) is 3.62. The summed E-state index contributed by atoms with van der Waals surface area (Å²) in [5, 5.41) is 0. The minimum atomic E-state index is -3.55. The number of rotatable bonds is 5. The van der Waals surface area contributed by atoms with Gasteiger partial charge in [0.15, 0.2) is 0 Å². The second-order valence-electron chi connectivity index (χ2n) is 4.16. The van der Waals surface area contributed by atoms with Crippen molar-refractivity contribution >= 4 is 15.7 Å². The number of benzene rings is 1. The summed E-state index contributed by atoms with van der Waals surface area (Å²) in [6.07, 6.45) is 0. The molecule has 0 radical (unpaired) electrons. The molecule has 6 heteroatoms. The van der Waals surface area contributed by atoms with Gasteiger partial charge in [-0.15, -0.1) is 0 Å². The fourth-order valence-electron chi connectivity index (χ4n) is 1.26. The quantitative estimate of drug-likeness (QED) is 0.778. The van der Waals surface area contributed by atoms with E-state index in [0.29, 0.717) is 12.2 Å². The smallest absolute Gasteiger partial charge is 0.244 e. The van der Waals surface area contributed by atoms with Crippen LogP contribution in [0.15, 0.2) is 23.1 Å². The maximum Gasteiger partial charge on any atom is 0.244 e. The van der Waals surface area contributed by atoms with Crippen LogP contribution in [0, 0.1) is 5.92 Å². The van der Waals surface area contributed by atoms with E-state index in [1.807, 2.05) is 13.8 Å². The van der Waals surface area contributed by atoms with Crippen molar-refractivity contribution in [3.05, 3.63) is 18.2 Å². The Morgan fingerprint density at radius 2 is 2.06 bits per heavy atom. The van der Waals surface area contributed by atoms with E-state index in [1.165, 1.54) is 25.3 Å². The predicted octanol–water partition coefficient (Wildman–Crippen LogP) is 1.21. The summed E-state index contributed by atoms with van der Waals surface area (Å²) in [7, 11) is -2.13. The molecule has 3 N–H and O–H groups in total. The molecule has 1 aromatic carbocycles. The minimum Gasteiger partial charge on any atom is -0.495 e. The lowest BCUT2D eigenvalue weighted by Crippen LogP contribution is -2.27. The zero-order valence-electron chi connectivity index (χ0n) is 10.2. The lowest BCUT2D eigenvalue weighted by molar-refractivity contribution is 0.402. The highest BCUT2D eigenvalue weighted by molar-refractivity contribution is 7.89. The normalized spacial score (nSPS) is 11.8. The number of anilines is 1. The molecule has 0 saturated heterocycles. The van der Waals surface area contributed by atoms with E-state index in [1.54, 1.807) is 0 Å². The number of nitrogens with one attached hydrogen (secondary N) is 1. The average Bonchev–Trinajstić information content (AvgIpc) is 2.26. The first-order valence-electron chi connectivity index (χ1n) is 5.30. The zero-order valence-corrected chi connectivity index (χ0v) is 11.0. The highest BCUT2D eigenvalue weighted by Crippen LogP contribution is 2.25. The number of methoxy groups -OCH3 is 1. The van der Waals surface area contributed by atoms with E-state index in [4.69, 9.17) is 10.5 Å². The Hall–Kier alpha value is -1.27. The zero-order chi connectivity index (χ0) is 13.1. The molecule has 0 atom stereocenters. The minimum absolute atomic E-state index is 0.106. The second-order valence-corrected chi connectivity index (χ2v) is 5.89. The maximum absolute atomic E-state index is 12.0. The molecule has 0 heterocycles. The number of hydrogen-bond donors (Lipinski definition) is 2. The van der Waals surface area contributed by atoms with Crippen molar-refractivity contribution in [2.24, 2.45) is 5.92 Å². The van der Waals surface area contributed by atoms with Gasteiger partial charge in [-0.25, -0.2) is 13.1 Å². The Kier molecular flexibility index (Phi) is 4.36. The van der Waals surface area contributed by atoms with Crippen LogP contribution < -0.4 is 15.2 Å². The van der Waals surface area contributed by atoms with Crippen LogP contribution >= 0.6 is 0 Å². The fraction of sp³-hybridized carbons (Fsp3) is 0.455. The summed E-state index contributed by atoms with van der Waals surface area (Å²) in [6.45, 7) is 4.25. The van der Waals surface area contributed by atoms with E-state index < -0.39 is 10.0 Å². The Balaban J connectivity index is 3.06. The van der Waals surface area contributed by atoms with Crippen molar-refractivity contribution < 1.29 is 13.2 Å². The summed E-state index contributed by atoms with van der Waals surface area (Å²) < 4.78 is 31.5. The number of nitrogens with two attached hydrogens (primary N) is 1. The SMILES string of the molecule is COc1cc(N)ccc1S(=O)(=O)NCC(C)C. The monoisotopic (exact) mass is 258 g/mol. The Labute approximate surface area is 102 Å². The van der Waals surface area contributed by atoms with Gasteiger partial charge in [0, 0.05) is 18.3 Å². The molecule has 1 rings (SSSR count). The number of hydrogen-bond acceptors (Lipinski definition) is 4. The van der Waals surface area contributed by atoms with Crippen molar-refractivity contribution in [2.75, 3.05) is 19.4 Å². The van der Waals surface area contributed by atoms with E-state index in [0.717, 1.165) is 0 Å². The number of sulfonamides is 1. The van der Waals surface area contributed by atoms with Gasteiger partial charge in [0.05, 0.1) is 7.11 Å². The molecule has 0 unspecified atom stereocenters. The average molecular weight is 258 g/mol. The van der Waals surface area contributed by atoms with Gasteiger partial charge in [0.25, 0.3) is 0 Å². The van der Waals surface area contributed by atoms with Crippen LogP contribution in [0.1, 0.15) is 13.8 Å². The van der Waals surface area contributed by atoms with E-state index in [2.05, 4.69) is 4.72 Å². The maximum atomic E-state index is 12.0. The van der Waals surface area contributed by atoms with Crippen molar-refractivity contribution in [3.63, 3.8) is 0 Å². The molecule has 0 fully saturated rings. The first-order valence-corrected chi connectivity index (χ1v) is 6.78. The second kappa shape index (κ2) is 5.37. The van der Waals surface area contributed by atoms with Gasteiger partial charge in [-0.3, -0.25) is 0 Å². The van der Waals surface area contributed by atoms with Crippen LogP contribution in [0.25, 0.3) is 0 Å². The fourth-order valence-corrected chi connectivity index (χ4v) is 2.62. The topological polar surface area (TPSA) is 81.4 Å². The van der Waals surface area contributed by atoms with Crippen LogP contribution in [0.2, 0.25) is 0 Å². The summed E-state index contributed by atoms with van der Waals surface area (Å²) in [4.78, 5) is 0.106. The van der Waals surface area contributed by atoms with Crippen LogP contribution in [0.4, 0.5) is 5.69 Å². The first-order chi connectivity index (χ1) is 7.86. The van der Waals surface area contributed by atoms with E-state index >= 15 is 0 Å². The molecule has 96 valence electrons. The molecule has 0 saturated carbocycles. The van der Waals surface area contributed by atoms with E-state index in [-0.39, 0.29) is 16.6 Å². The number of nitrogen functional groups attached to an aromatic ring is 1. The van der Waals surface area contributed by atoms with Crippen LogP contribution in [0.5, 0.6) is 5.75 Å². The highest BCUT2D eigenvalue weighted by Gasteiger charge is 2.19. The molecule has 17 heavy (non-hydrogen) atoms. The number of ether oxygens (including phenoxy) is 1. The molecule has 0 amide bonds. The third-order valence-electron chi connectivity index (χ3n) is 2.16. The molecule has 0 spiro atoms. The first kappa shape index (κ1) is 13.8. The molecule has 0 aliphatic heterocycles. The third kappa shape index (κ3) is 3.61. The van der Waals surface area contributed by atoms with Gasteiger partial charge in [0.2, 0.25) is 10.0 Å². The molecule has 0 aliphatic carbocycles. The largest absolute Gasteiger partial charge is 0.495 e. The lowest BCUT2D eigenvalue weighted by Gasteiger charge is -2.12. The van der Waals surface area contributed by atoms with Crippen molar-refractivity contribution in [1.29, 1.82) is 0 Å². The van der Waals surface area contributed by atoms with Crippen LogP contribution in [-0.2, 0) is 10.0 Å². The summed E-state index contributed by atoms with van der Waals surface area (Å²) in [5.74, 6) is 0.491. The van der Waals surface area contributed by atoms with Crippen molar-refractivity contribution in [2.45, 2.75) is 18.7 Å². The summed E-state index contributed by atoms with van der Waals surface area (Å²) in [5.41, 5.74) is 6.04. The molecule has 0 aromatic heterocycles. The van der Waals surface area contributed by atoms with Gasteiger partial charge in [-0.2, -0.15) is 0 Å². The Bertz CT molecular complexity index is 483. The molecule has 5 nitrogen and oxygen atoms in total. The van der Waals surface area contributed by atoms with Gasteiger partial charge in [-0.05, 0) is 18.1 Å². The molecule has 1 aromatic rings. The molecular weight excluding hydrogens is 240 g/mol. The van der Waals surface area contributed by atoms with Gasteiger partial charge < -0.3 is 10.5 Å². The summed E-state index contributed by atoms with van der Waals surface area (Å²) >= 11 is 0. The molecule has 0 aliphatic rings. The molecular formula is C11H18N2O3S. The lowest BCUT2D eigenvalue weighted by atomic mass is 10.2. The van der Waals surface area contributed by atoms with E-state index in [9.17, 15) is 8.42 Å². The Morgan fingerprint density at radius 1 is 1.41 bits per heavy atom. The van der Waals surface area contributed by atoms with Gasteiger partial charge >= 0.3 is 0 Å². The van der Waals surface area contributed by atoms with Crippen LogP contribution in [0.3, 0.4) is 0 Å².